The summed E-state index contributed by atoms with van der Waals surface area (Å²) in [5, 5.41) is 6.20. The van der Waals surface area contributed by atoms with Crippen molar-refractivity contribution in [2.24, 2.45) is 0 Å². The number of amides is 1. The van der Waals surface area contributed by atoms with Crippen molar-refractivity contribution in [3.8, 4) is 0 Å². The van der Waals surface area contributed by atoms with E-state index in [9.17, 15) is 4.79 Å². The number of carbonyl (C=O) groups excluding carboxylic acids is 1. The Balaban J connectivity index is 0.00000288. The van der Waals surface area contributed by atoms with Gasteiger partial charge in [-0.1, -0.05) is 24.3 Å². The first kappa shape index (κ1) is 24.1. The molecule has 5 nitrogen and oxygen atoms in total. The van der Waals surface area contributed by atoms with Crippen molar-refractivity contribution in [2.75, 3.05) is 39.9 Å². The lowest BCUT2D eigenvalue weighted by Crippen LogP contribution is -2.46. The Morgan fingerprint density at radius 1 is 1.24 bits per heavy atom. The summed E-state index contributed by atoms with van der Waals surface area (Å²) in [6, 6.07) is 8.86. The van der Waals surface area contributed by atoms with Crippen molar-refractivity contribution in [1.82, 2.24) is 15.5 Å². The minimum Gasteiger partial charge on any atom is -0.383 e. The lowest BCUT2D eigenvalue weighted by molar-refractivity contribution is -0.121. The average molecular weight is 392 g/mol. The highest BCUT2D eigenvalue weighted by atomic mass is 35.5. The molecule has 0 atom stereocenters. The maximum absolute atomic E-state index is 11.9. The van der Waals surface area contributed by atoms with E-state index >= 15 is 0 Å². The minimum absolute atomic E-state index is 0. The number of methoxy groups -OCH3 is 1. The Hall–Kier alpha value is -0.850. The lowest BCUT2D eigenvalue weighted by atomic mass is 10.0. The predicted molar refractivity (Wildman–Crippen MR) is 107 cm³/mol. The van der Waals surface area contributed by atoms with Gasteiger partial charge < -0.3 is 15.4 Å². The number of nitrogens with one attached hydrogen (secondary N) is 2. The van der Waals surface area contributed by atoms with Crippen LogP contribution in [0, 0.1) is 6.92 Å². The van der Waals surface area contributed by atoms with Gasteiger partial charge in [0.1, 0.15) is 0 Å². The molecule has 1 amide bonds. The molecule has 0 saturated carbocycles. The Morgan fingerprint density at radius 2 is 1.92 bits per heavy atom. The summed E-state index contributed by atoms with van der Waals surface area (Å²) in [5.41, 5.74) is 2.75. The number of halogens is 2. The fourth-order valence-electron chi connectivity index (χ4n) is 2.92. The van der Waals surface area contributed by atoms with Gasteiger partial charge in [0.15, 0.2) is 0 Å². The zero-order valence-corrected chi connectivity index (χ0v) is 16.8. The lowest BCUT2D eigenvalue weighted by Gasteiger charge is -2.32. The number of likely N-dealkylation sites (tertiary alicyclic amines) is 1. The predicted octanol–water partition coefficient (Wildman–Crippen LogP) is 2.16. The first-order valence-electron chi connectivity index (χ1n) is 8.45. The maximum atomic E-state index is 11.9. The van der Waals surface area contributed by atoms with Crippen molar-refractivity contribution in [1.29, 1.82) is 0 Å². The zero-order valence-electron chi connectivity index (χ0n) is 15.1. The van der Waals surface area contributed by atoms with Gasteiger partial charge in [0.2, 0.25) is 5.91 Å². The second-order valence-electron chi connectivity index (χ2n) is 6.21. The summed E-state index contributed by atoms with van der Waals surface area (Å²) in [7, 11) is 1.66. The first-order valence-corrected chi connectivity index (χ1v) is 8.45. The molecule has 1 aromatic rings. The highest BCUT2D eigenvalue weighted by Crippen LogP contribution is 2.16. The highest BCUT2D eigenvalue weighted by Gasteiger charge is 2.20. The van der Waals surface area contributed by atoms with Crippen LogP contribution in [0.1, 0.15) is 24.0 Å². The number of aryl methyl sites for hydroxylation is 1. The number of carbonyl (C=O) groups is 1. The van der Waals surface area contributed by atoms with Crippen molar-refractivity contribution in [3.05, 3.63) is 35.4 Å². The fraction of sp³-hybridized carbons (Fsp3) is 0.611. The smallest absolute Gasteiger partial charge is 0.234 e. The summed E-state index contributed by atoms with van der Waals surface area (Å²) in [6.45, 7) is 6.95. The van der Waals surface area contributed by atoms with Gasteiger partial charge in [-0.2, -0.15) is 0 Å². The number of ether oxygens (including phenoxy) is 1. The third kappa shape index (κ3) is 8.88. The second-order valence-corrected chi connectivity index (χ2v) is 6.21. The molecule has 7 heteroatoms. The van der Waals surface area contributed by atoms with Crippen LogP contribution in [0.3, 0.4) is 0 Å². The molecular weight excluding hydrogens is 361 g/mol. The third-order valence-corrected chi connectivity index (χ3v) is 4.38. The molecule has 2 rings (SSSR count). The normalized spacial score (nSPS) is 15.1. The summed E-state index contributed by atoms with van der Waals surface area (Å²) in [4.78, 5) is 14.3. The molecule has 1 saturated heterocycles. The summed E-state index contributed by atoms with van der Waals surface area (Å²) < 4.78 is 4.94. The topological polar surface area (TPSA) is 53.6 Å². The number of benzene rings is 1. The van der Waals surface area contributed by atoms with Crippen LogP contribution in [0.15, 0.2) is 24.3 Å². The standard InChI is InChI=1S/C18H29N3O2.2ClH/c1-15-5-3-4-6-16(15)14-21-10-7-17(8-11-21)20-18(22)13-19-9-12-23-2;;/h3-6,17,19H,7-14H2,1-2H3,(H,20,22);2*1H. The summed E-state index contributed by atoms with van der Waals surface area (Å²) in [6.07, 6.45) is 2.05. The fourth-order valence-corrected chi connectivity index (χ4v) is 2.92. The molecule has 25 heavy (non-hydrogen) atoms. The molecule has 0 spiro atoms. The van der Waals surface area contributed by atoms with Crippen LogP contribution < -0.4 is 10.6 Å². The summed E-state index contributed by atoms with van der Waals surface area (Å²) >= 11 is 0. The second kappa shape index (κ2) is 13.4. The van der Waals surface area contributed by atoms with E-state index in [1.54, 1.807) is 7.11 Å². The van der Waals surface area contributed by atoms with E-state index < -0.39 is 0 Å². The molecule has 144 valence electrons. The third-order valence-electron chi connectivity index (χ3n) is 4.38. The summed E-state index contributed by atoms with van der Waals surface area (Å²) in [5.74, 6) is 0.0819. The molecule has 0 bridgehead atoms. The molecule has 1 aliphatic rings. The van der Waals surface area contributed by atoms with E-state index in [0.29, 0.717) is 25.7 Å². The number of hydrogen-bond acceptors (Lipinski definition) is 4. The van der Waals surface area contributed by atoms with Crippen LogP contribution in [0.4, 0.5) is 0 Å². The van der Waals surface area contributed by atoms with E-state index in [2.05, 4.69) is 46.7 Å². The number of hydrogen-bond donors (Lipinski definition) is 2. The van der Waals surface area contributed by atoms with Crippen LogP contribution in [-0.4, -0.2) is 56.7 Å². The van der Waals surface area contributed by atoms with Crippen molar-refractivity contribution in [3.63, 3.8) is 0 Å². The van der Waals surface area contributed by atoms with Crippen molar-refractivity contribution in [2.45, 2.75) is 32.4 Å². The molecule has 0 aliphatic carbocycles. The Bertz CT molecular complexity index is 495. The SMILES string of the molecule is COCCNCC(=O)NC1CCN(Cc2ccccc2C)CC1.Cl.Cl. The average Bonchev–Trinajstić information content (AvgIpc) is 2.55. The molecule has 2 N–H and O–H groups in total. The Labute approximate surface area is 163 Å². The van der Waals surface area contributed by atoms with Crippen LogP contribution in [0.5, 0.6) is 0 Å². The van der Waals surface area contributed by atoms with Crippen LogP contribution in [0.25, 0.3) is 0 Å². The molecule has 1 heterocycles. The van der Waals surface area contributed by atoms with Gasteiger partial charge in [0, 0.05) is 39.3 Å². The van der Waals surface area contributed by atoms with E-state index in [4.69, 9.17) is 4.74 Å². The van der Waals surface area contributed by atoms with E-state index in [-0.39, 0.29) is 30.7 Å². The molecule has 0 unspecified atom stereocenters. The Morgan fingerprint density at radius 3 is 2.56 bits per heavy atom. The van der Waals surface area contributed by atoms with E-state index in [0.717, 1.165) is 32.5 Å². The monoisotopic (exact) mass is 391 g/mol. The Kier molecular flexibility index (Phi) is 12.9. The van der Waals surface area contributed by atoms with Gasteiger partial charge in [-0.15, -0.1) is 24.8 Å². The number of rotatable bonds is 8. The number of nitrogens with zero attached hydrogens (tertiary/aromatic N) is 1. The van der Waals surface area contributed by atoms with E-state index in [1.807, 2.05) is 0 Å². The minimum atomic E-state index is 0. The van der Waals surface area contributed by atoms with Crippen LogP contribution >= 0.6 is 24.8 Å². The van der Waals surface area contributed by atoms with Gasteiger partial charge >= 0.3 is 0 Å². The molecule has 0 radical (unpaired) electrons. The van der Waals surface area contributed by atoms with Gasteiger partial charge in [-0.05, 0) is 30.9 Å². The van der Waals surface area contributed by atoms with Crippen LogP contribution in [-0.2, 0) is 16.1 Å². The largest absolute Gasteiger partial charge is 0.383 e. The van der Waals surface area contributed by atoms with Gasteiger partial charge in [-0.25, -0.2) is 0 Å². The van der Waals surface area contributed by atoms with Crippen LogP contribution in [0.2, 0.25) is 0 Å². The molecular formula is C18H31Cl2N3O2. The van der Waals surface area contributed by atoms with Gasteiger partial charge in [0.05, 0.1) is 13.2 Å². The molecule has 1 aliphatic heterocycles. The zero-order chi connectivity index (χ0) is 16.5. The molecule has 1 aromatic carbocycles. The van der Waals surface area contributed by atoms with Crippen molar-refractivity contribution < 1.29 is 9.53 Å². The molecule has 1 fully saturated rings. The van der Waals surface area contributed by atoms with Crippen molar-refractivity contribution >= 4 is 30.7 Å². The quantitative estimate of drug-likeness (QED) is 0.666. The maximum Gasteiger partial charge on any atom is 0.234 e. The van der Waals surface area contributed by atoms with E-state index in [1.165, 1.54) is 11.1 Å². The first-order chi connectivity index (χ1) is 11.2. The van der Waals surface area contributed by atoms with Gasteiger partial charge in [-0.3, -0.25) is 9.69 Å². The molecule has 0 aromatic heterocycles. The van der Waals surface area contributed by atoms with Gasteiger partial charge in [0.25, 0.3) is 0 Å². The highest BCUT2D eigenvalue weighted by molar-refractivity contribution is 5.85. The number of piperidine rings is 1.